The van der Waals surface area contributed by atoms with Crippen LogP contribution in [-0.2, 0) is 9.53 Å². The third-order valence-corrected chi connectivity index (χ3v) is 3.64. The number of ketones is 1. The zero-order valence-electron chi connectivity index (χ0n) is 10.9. The smallest absolute Gasteiger partial charge is 0.410 e. The lowest BCUT2D eigenvalue weighted by Crippen LogP contribution is -2.60. The normalized spacial score (nSPS) is 18.2. The second-order valence-corrected chi connectivity index (χ2v) is 6.04. The summed E-state index contributed by atoms with van der Waals surface area (Å²) in [4.78, 5) is 25.3. The van der Waals surface area contributed by atoms with E-state index in [9.17, 15) is 9.59 Å². The van der Waals surface area contributed by atoms with Crippen molar-refractivity contribution < 1.29 is 14.3 Å². The Morgan fingerprint density at radius 2 is 1.88 bits per heavy atom. The van der Waals surface area contributed by atoms with E-state index in [0.717, 1.165) is 19.3 Å². The van der Waals surface area contributed by atoms with Crippen molar-refractivity contribution >= 4 is 27.8 Å². The first-order chi connectivity index (χ1) is 7.73. The highest BCUT2D eigenvalue weighted by atomic mass is 79.9. The number of nitrogens with zero attached hydrogens (tertiary/aromatic N) is 1. The number of hydrogen-bond acceptors (Lipinski definition) is 3. The Kier molecular flexibility index (Phi) is 4.23. The molecule has 0 atom stereocenters. The summed E-state index contributed by atoms with van der Waals surface area (Å²) in [5.41, 5.74) is -1.18. The lowest BCUT2D eigenvalue weighted by Gasteiger charge is -2.46. The highest BCUT2D eigenvalue weighted by Gasteiger charge is 2.49. The SMILES string of the molecule is CN(C(=O)OC(C)(C)C)C1(C(=O)CBr)CCC1. The van der Waals surface area contributed by atoms with Gasteiger partial charge in [-0.1, -0.05) is 15.9 Å². The first-order valence-corrected chi connectivity index (χ1v) is 6.91. The first kappa shape index (κ1) is 14.5. The van der Waals surface area contributed by atoms with Crippen LogP contribution in [-0.4, -0.2) is 40.3 Å². The molecule has 0 aliphatic heterocycles. The zero-order valence-corrected chi connectivity index (χ0v) is 12.5. The van der Waals surface area contributed by atoms with E-state index in [1.807, 2.05) is 20.8 Å². The highest BCUT2D eigenvalue weighted by molar-refractivity contribution is 9.09. The molecular weight excluding hydrogens is 286 g/mol. The lowest BCUT2D eigenvalue weighted by molar-refractivity contribution is -0.132. The minimum atomic E-state index is -0.647. The van der Waals surface area contributed by atoms with Crippen LogP contribution in [0.15, 0.2) is 0 Å². The molecule has 4 nitrogen and oxygen atoms in total. The van der Waals surface area contributed by atoms with Gasteiger partial charge < -0.3 is 4.74 Å². The summed E-state index contributed by atoms with van der Waals surface area (Å²) in [5, 5.41) is 0.278. The van der Waals surface area contributed by atoms with Gasteiger partial charge in [0.05, 0.1) is 5.33 Å². The van der Waals surface area contributed by atoms with Crippen LogP contribution in [0.25, 0.3) is 0 Å². The minimum absolute atomic E-state index is 0.0529. The van der Waals surface area contributed by atoms with Crippen LogP contribution in [0.3, 0.4) is 0 Å². The highest BCUT2D eigenvalue weighted by Crippen LogP contribution is 2.38. The van der Waals surface area contributed by atoms with Gasteiger partial charge in [-0.05, 0) is 40.0 Å². The summed E-state index contributed by atoms with van der Waals surface area (Å²) in [6.07, 6.45) is 2.01. The number of alkyl halides is 1. The lowest BCUT2D eigenvalue weighted by atomic mass is 9.73. The fraction of sp³-hybridized carbons (Fsp3) is 0.833. The van der Waals surface area contributed by atoms with Crippen molar-refractivity contribution in [3.05, 3.63) is 0 Å². The Morgan fingerprint density at radius 3 is 2.18 bits per heavy atom. The fourth-order valence-electron chi connectivity index (χ4n) is 1.94. The van der Waals surface area contributed by atoms with Gasteiger partial charge >= 0.3 is 6.09 Å². The van der Waals surface area contributed by atoms with Crippen molar-refractivity contribution in [3.8, 4) is 0 Å². The molecule has 1 rings (SSSR count). The molecule has 5 heteroatoms. The molecule has 0 heterocycles. The summed E-state index contributed by atoms with van der Waals surface area (Å²) >= 11 is 3.18. The monoisotopic (exact) mass is 305 g/mol. The third kappa shape index (κ3) is 3.00. The van der Waals surface area contributed by atoms with E-state index in [-0.39, 0.29) is 11.1 Å². The molecule has 1 saturated carbocycles. The molecule has 1 aliphatic rings. The van der Waals surface area contributed by atoms with Crippen LogP contribution in [0.2, 0.25) is 0 Å². The van der Waals surface area contributed by atoms with Crippen LogP contribution >= 0.6 is 15.9 Å². The molecule has 1 fully saturated rings. The Balaban J connectivity index is 2.77. The Labute approximate surface area is 111 Å². The summed E-state index contributed by atoms with van der Waals surface area (Å²) in [7, 11) is 1.65. The summed E-state index contributed by atoms with van der Waals surface area (Å²) < 4.78 is 5.30. The number of likely N-dealkylation sites (N-methyl/N-ethyl adjacent to an activating group) is 1. The van der Waals surface area contributed by atoms with E-state index in [4.69, 9.17) is 4.74 Å². The molecule has 0 aromatic rings. The largest absolute Gasteiger partial charge is 0.444 e. The molecule has 0 spiro atoms. The quantitative estimate of drug-likeness (QED) is 0.753. The molecule has 0 bridgehead atoms. The van der Waals surface area contributed by atoms with Gasteiger partial charge in [-0.2, -0.15) is 0 Å². The van der Waals surface area contributed by atoms with Crippen molar-refractivity contribution in [1.82, 2.24) is 4.90 Å². The molecule has 0 unspecified atom stereocenters. The summed E-state index contributed by atoms with van der Waals surface area (Å²) in [6.45, 7) is 5.45. The maximum Gasteiger partial charge on any atom is 0.410 e. The van der Waals surface area contributed by atoms with E-state index in [1.54, 1.807) is 7.05 Å². The second kappa shape index (κ2) is 4.96. The minimum Gasteiger partial charge on any atom is -0.444 e. The van der Waals surface area contributed by atoms with Gasteiger partial charge in [0.1, 0.15) is 11.1 Å². The Hall–Kier alpha value is -0.580. The maximum absolute atomic E-state index is 12.0. The van der Waals surface area contributed by atoms with Crippen LogP contribution in [0.4, 0.5) is 4.79 Å². The average molecular weight is 306 g/mol. The predicted octanol–water partition coefficient (Wildman–Crippen LogP) is 2.74. The zero-order chi connectivity index (χ0) is 13.3. The van der Waals surface area contributed by atoms with Gasteiger partial charge in [-0.3, -0.25) is 9.69 Å². The third-order valence-electron chi connectivity index (χ3n) is 3.13. The molecular formula is C12H20BrNO3. The number of halogens is 1. The van der Waals surface area contributed by atoms with Gasteiger partial charge in [0.25, 0.3) is 0 Å². The van der Waals surface area contributed by atoms with Crippen molar-refractivity contribution in [2.24, 2.45) is 0 Å². The molecule has 17 heavy (non-hydrogen) atoms. The van der Waals surface area contributed by atoms with Crippen molar-refractivity contribution in [2.45, 2.75) is 51.2 Å². The molecule has 98 valence electrons. The Bertz CT molecular complexity index is 318. The molecule has 0 saturated heterocycles. The van der Waals surface area contributed by atoms with Crippen LogP contribution in [0.5, 0.6) is 0 Å². The van der Waals surface area contributed by atoms with E-state index in [1.165, 1.54) is 4.90 Å². The van der Waals surface area contributed by atoms with Gasteiger partial charge in [-0.15, -0.1) is 0 Å². The molecule has 0 aromatic carbocycles. The molecule has 0 radical (unpaired) electrons. The maximum atomic E-state index is 12.0. The average Bonchev–Trinajstić information content (AvgIpc) is 2.12. The second-order valence-electron chi connectivity index (χ2n) is 5.48. The Morgan fingerprint density at radius 1 is 1.35 bits per heavy atom. The fourth-order valence-corrected chi connectivity index (χ4v) is 2.46. The molecule has 0 aromatic heterocycles. The van der Waals surface area contributed by atoms with Crippen LogP contribution < -0.4 is 0 Å². The summed E-state index contributed by atoms with van der Waals surface area (Å²) in [6, 6.07) is 0. The number of hydrogen-bond donors (Lipinski definition) is 0. The van der Waals surface area contributed by atoms with Gasteiger partial charge in [0.15, 0.2) is 5.78 Å². The van der Waals surface area contributed by atoms with Crippen LogP contribution in [0.1, 0.15) is 40.0 Å². The number of rotatable bonds is 3. The van der Waals surface area contributed by atoms with Crippen molar-refractivity contribution in [2.75, 3.05) is 12.4 Å². The number of amides is 1. The molecule has 0 N–H and O–H groups in total. The predicted molar refractivity (Wildman–Crippen MR) is 69.4 cm³/mol. The number of carbonyl (C=O) groups is 2. The van der Waals surface area contributed by atoms with E-state index >= 15 is 0 Å². The number of Topliss-reactive ketones (excluding diaryl/α,β-unsaturated/α-hetero) is 1. The van der Waals surface area contributed by atoms with E-state index < -0.39 is 17.2 Å². The first-order valence-electron chi connectivity index (χ1n) is 5.79. The standard InChI is InChI=1S/C12H20BrNO3/c1-11(2,3)17-10(16)14(4)12(6-5-7-12)9(15)8-13/h5-8H2,1-4H3. The summed E-state index contributed by atoms with van der Waals surface area (Å²) in [5.74, 6) is 0.0529. The van der Waals surface area contributed by atoms with Crippen molar-refractivity contribution in [1.29, 1.82) is 0 Å². The van der Waals surface area contributed by atoms with Crippen LogP contribution in [0, 0.1) is 0 Å². The van der Waals surface area contributed by atoms with E-state index in [2.05, 4.69) is 15.9 Å². The van der Waals surface area contributed by atoms with Gasteiger partial charge in [-0.25, -0.2) is 4.79 Å². The topological polar surface area (TPSA) is 46.6 Å². The molecule has 1 aliphatic carbocycles. The van der Waals surface area contributed by atoms with Crippen molar-refractivity contribution in [3.63, 3.8) is 0 Å². The van der Waals surface area contributed by atoms with Gasteiger partial charge in [0, 0.05) is 7.05 Å². The number of carbonyl (C=O) groups excluding carboxylic acids is 2. The van der Waals surface area contributed by atoms with Gasteiger partial charge in [0.2, 0.25) is 0 Å². The number of ether oxygens (including phenoxy) is 1. The van der Waals surface area contributed by atoms with E-state index in [0.29, 0.717) is 0 Å². The molecule has 1 amide bonds.